The number of rotatable bonds is 5. The minimum atomic E-state index is -3.52. The molecule has 1 N–H and O–H groups in total. The van der Waals surface area contributed by atoms with Crippen LogP contribution in [-0.4, -0.2) is 54.0 Å². The van der Waals surface area contributed by atoms with E-state index in [0.29, 0.717) is 32.1 Å². The Morgan fingerprint density at radius 2 is 1.66 bits per heavy atom. The van der Waals surface area contributed by atoms with Crippen molar-refractivity contribution in [2.24, 2.45) is 0 Å². The van der Waals surface area contributed by atoms with Crippen LogP contribution in [0.4, 0.5) is 11.5 Å². The number of morpholine rings is 1. The van der Waals surface area contributed by atoms with Crippen molar-refractivity contribution in [2.45, 2.75) is 4.90 Å². The van der Waals surface area contributed by atoms with E-state index in [9.17, 15) is 8.42 Å². The van der Waals surface area contributed by atoms with Gasteiger partial charge in [-0.05, 0) is 47.5 Å². The molecule has 2 aromatic carbocycles. The summed E-state index contributed by atoms with van der Waals surface area (Å²) in [6.07, 6.45) is 4.91. The van der Waals surface area contributed by atoms with E-state index in [2.05, 4.69) is 20.3 Å². The first-order valence-corrected chi connectivity index (χ1v) is 11.7. The molecule has 0 amide bonds. The van der Waals surface area contributed by atoms with Gasteiger partial charge in [0.1, 0.15) is 12.1 Å². The standard InChI is InChI=1S/C23H21N5O3S/c29-32(30,28-11-13-31-14-12-28)19-4-1-17(2-5-19)18-3-6-21-20(15-18)22(7-10-25-21)27-23-8-9-24-16-26-23/h1-10,15-16H,11-14H2,(H,24,25,26,27). The third-order valence-electron chi connectivity index (χ3n) is 5.38. The van der Waals surface area contributed by atoms with E-state index in [1.165, 1.54) is 10.6 Å². The molecule has 3 heterocycles. The molecule has 0 unspecified atom stereocenters. The van der Waals surface area contributed by atoms with Gasteiger partial charge in [-0.2, -0.15) is 4.31 Å². The van der Waals surface area contributed by atoms with Gasteiger partial charge in [0, 0.05) is 30.9 Å². The maximum absolute atomic E-state index is 12.9. The maximum atomic E-state index is 12.9. The third-order valence-corrected chi connectivity index (χ3v) is 7.29. The average Bonchev–Trinajstić information content (AvgIpc) is 2.85. The summed E-state index contributed by atoms with van der Waals surface area (Å²) < 4.78 is 32.5. The van der Waals surface area contributed by atoms with Crippen molar-refractivity contribution in [2.75, 3.05) is 31.6 Å². The highest BCUT2D eigenvalue weighted by molar-refractivity contribution is 7.89. The van der Waals surface area contributed by atoms with Crippen LogP contribution in [0.2, 0.25) is 0 Å². The lowest BCUT2D eigenvalue weighted by Gasteiger charge is -2.26. The van der Waals surface area contributed by atoms with E-state index in [1.54, 1.807) is 30.6 Å². The molecule has 1 fully saturated rings. The number of sulfonamides is 1. The predicted molar refractivity (Wildman–Crippen MR) is 122 cm³/mol. The number of aromatic nitrogens is 3. The fraction of sp³-hybridized carbons (Fsp3) is 0.174. The van der Waals surface area contributed by atoms with Crippen LogP contribution in [0, 0.1) is 0 Å². The van der Waals surface area contributed by atoms with Crippen molar-refractivity contribution in [3.8, 4) is 11.1 Å². The van der Waals surface area contributed by atoms with E-state index in [1.807, 2.05) is 36.4 Å². The lowest BCUT2D eigenvalue weighted by molar-refractivity contribution is 0.0730. The highest BCUT2D eigenvalue weighted by Crippen LogP contribution is 2.30. The zero-order valence-electron chi connectivity index (χ0n) is 17.2. The molecule has 162 valence electrons. The summed E-state index contributed by atoms with van der Waals surface area (Å²) in [5, 5.41) is 4.24. The Balaban J connectivity index is 1.46. The molecule has 5 rings (SSSR count). The van der Waals surface area contributed by atoms with E-state index in [-0.39, 0.29) is 4.90 Å². The zero-order chi connectivity index (χ0) is 22.0. The molecule has 0 saturated carbocycles. The third kappa shape index (κ3) is 4.05. The SMILES string of the molecule is O=S(=O)(c1ccc(-c2ccc3nccc(Nc4ccncn4)c3c2)cc1)N1CCOCC1. The fourth-order valence-corrected chi connectivity index (χ4v) is 5.10. The first kappa shape index (κ1) is 20.5. The summed E-state index contributed by atoms with van der Waals surface area (Å²) in [5.41, 5.74) is 3.61. The summed E-state index contributed by atoms with van der Waals surface area (Å²) in [4.78, 5) is 12.9. The van der Waals surface area contributed by atoms with E-state index in [4.69, 9.17) is 4.74 Å². The molecule has 9 heteroatoms. The number of benzene rings is 2. The number of nitrogens with zero attached hydrogens (tertiary/aromatic N) is 4. The van der Waals surface area contributed by atoms with Crippen LogP contribution in [0.3, 0.4) is 0 Å². The van der Waals surface area contributed by atoms with Crippen molar-refractivity contribution in [1.82, 2.24) is 19.3 Å². The molecule has 0 radical (unpaired) electrons. The van der Waals surface area contributed by atoms with Gasteiger partial charge in [-0.3, -0.25) is 4.98 Å². The molecule has 0 bridgehead atoms. The quantitative estimate of drug-likeness (QED) is 0.500. The molecule has 1 aliphatic heterocycles. The van der Waals surface area contributed by atoms with Crippen molar-refractivity contribution >= 4 is 32.4 Å². The predicted octanol–water partition coefficient (Wildman–Crippen LogP) is 3.46. The lowest BCUT2D eigenvalue weighted by atomic mass is 10.0. The summed E-state index contributed by atoms with van der Waals surface area (Å²) >= 11 is 0. The summed E-state index contributed by atoms with van der Waals surface area (Å²) in [5.74, 6) is 0.690. The Kier molecular flexibility index (Phi) is 5.52. The Bertz CT molecular complexity index is 1340. The maximum Gasteiger partial charge on any atom is 0.243 e. The molecule has 1 saturated heterocycles. The minimum absolute atomic E-state index is 0.289. The van der Waals surface area contributed by atoms with Crippen LogP contribution in [0.5, 0.6) is 0 Å². The second-order valence-electron chi connectivity index (χ2n) is 7.35. The lowest BCUT2D eigenvalue weighted by Crippen LogP contribution is -2.40. The molecule has 2 aromatic heterocycles. The van der Waals surface area contributed by atoms with Gasteiger partial charge in [-0.15, -0.1) is 0 Å². The topological polar surface area (TPSA) is 97.3 Å². The Hall–Kier alpha value is -3.40. The monoisotopic (exact) mass is 447 g/mol. The van der Waals surface area contributed by atoms with E-state index in [0.717, 1.165) is 27.7 Å². The van der Waals surface area contributed by atoms with Gasteiger partial charge in [0.2, 0.25) is 10.0 Å². The van der Waals surface area contributed by atoms with Crippen molar-refractivity contribution in [3.63, 3.8) is 0 Å². The van der Waals surface area contributed by atoms with E-state index < -0.39 is 10.0 Å². The van der Waals surface area contributed by atoms with Gasteiger partial charge in [0.05, 0.1) is 29.3 Å². The Morgan fingerprint density at radius 3 is 2.41 bits per heavy atom. The van der Waals surface area contributed by atoms with Crippen molar-refractivity contribution in [3.05, 3.63) is 73.3 Å². The highest BCUT2D eigenvalue weighted by atomic mass is 32.2. The number of ether oxygens (including phenoxy) is 1. The molecule has 0 atom stereocenters. The number of hydrogen-bond donors (Lipinski definition) is 1. The molecular formula is C23H21N5O3S. The van der Waals surface area contributed by atoms with Crippen LogP contribution in [0.1, 0.15) is 0 Å². The molecule has 0 spiro atoms. The number of nitrogens with one attached hydrogen (secondary N) is 1. The summed E-state index contributed by atoms with van der Waals surface area (Å²) in [6.45, 7) is 1.61. The number of anilines is 2. The van der Waals surface area contributed by atoms with Gasteiger partial charge < -0.3 is 10.1 Å². The second-order valence-corrected chi connectivity index (χ2v) is 9.29. The molecule has 32 heavy (non-hydrogen) atoms. The van der Waals surface area contributed by atoms with Gasteiger partial charge in [-0.25, -0.2) is 18.4 Å². The highest BCUT2D eigenvalue weighted by Gasteiger charge is 2.26. The van der Waals surface area contributed by atoms with Gasteiger partial charge >= 0.3 is 0 Å². The van der Waals surface area contributed by atoms with Crippen LogP contribution in [0.15, 0.2) is 78.2 Å². The zero-order valence-corrected chi connectivity index (χ0v) is 18.0. The molecule has 1 aliphatic rings. The van der Waals surface area contributed by atoms with Gasteiger partial charge in [-0.1, -0.05) is 18.2 Å². The molecular weight excluding hydrogens is 426 g/mol. The normalized spacial score (nSPS) is 15.0. The second kappa shape index (κ2) is 8.62. The number of pyridine rings is 1. The van der Waals surface area contributed by atoms with Gasteiger partial charge in [0.15, 0.2) is 0 Å². The summed E-state index contributed by atoms with van der Waals surface area (Å²) in [6, 6.07) is 16.7. The summed E-state index contributed by atoms with van der Waals surface area (Å²) in [7, 11) is -3.52. The van der Waals surface area contributed by atoms with Crippen molar-refractivity contribution in [1.29, 1.82) is 0 Å². The van der Waals surface area contributed by atoms with Crippen LogP contribution < -0.4 is 5.32 Å². The molecule has 8 nitrogen and oxygen atoms in total. The van der Waals surface area contributed by atoms with E-state index >= 15 is 0 Å². The van der Waals surface area contributed by atoms with Gasteiger partial charge in [0.25, 0.3) is 0 Å². The number of fused-ring (bicyclic) bond motifs is 1. The Morgan fingerprint density at radius 1 is 0.875 bits per heavy atom. The van der Waals surface area contributed by atoms with Crippen LogP contribution in [0.25, 0.3) is 22.0 Å². The largest absolute Gasteiger partial charge is 0.379 e. The average molecular weight is 448 g/mol. The van der Waals surface area contributed by atoms with Crippen LogP contribution >= 0.6 is 0 Å². The molecule has 4 aromatic rings. The first-order valence-electron chi connectivity index (χ1n) is 10.2. The first-order chi connectivity index (χ1) is 15.6. The van der Waals surface area contributed by atoms with Crippen LogP contribution in [-0.2, 0) is 14.8 Å². The Labute approximate surface area is 186 Å². The number of hydrogen-bond acceptors (Lipinski definition) is 7. The smallest absolute Gasteiger partial charge is 0.243 e. The molecule has 0 aliphatic carbocycles. The van der Waals surface area contributed by atoms with Crippen molar-refractivity contribution < 1.29 is 13.2 Å². The minimum Gasteiger partial charge on any atom is -0.379 e. The fourth-order valence-electron chi connectivity index (χ4n) is 3.69.